The van der Waals surface area contributed by atoms with Gasteiger partial charge in [-0.1, -0.05) is 286 Å². The van der Waals surface area contributed by atoms with Crippen LogP contribution in [0, 0.1) is 0 Å². The van der Waals surface area contributed by atoms with E-state index in [0.29, 0.717) is 11.0 Å². The maximum atomic E-state index is 12.9. The van der Waals surface area contributed by atoms with E-state index in [-0.39, 0.29) is 38.6 Å². The number of carbonyl (C=O) groups excluding carboxylic acids is 2. The first-order valence-corrected chi connectivity index (χ1v) is 34.0. The molecule has 0 aromatic heterocycles. The molecule has 2 atom stereocenters. The van der Waals surface area contributed by atoms with Gasteiger partial charge in [-0.2, -0.15) is 0 Å². The van der Waals surface area contributed by atoms with Crippen LogP contribution in [-0.2, 0) is 33.3 Å². The van der Waals surface area contributed by atoms with E-state index >= 15 is 0 Å². The third-order valence-corrected chi connectivity index (χ3v) is 15.0. The first-order chi connectivity index (χ1) is 39.1. The van der Waals surface area contributed by atoms with Crippen LogP contribution >= 0.6 is 0 Å². The van der Waals surface area contributed by atoms with E-state index in [2.05, 4.69) is 74.6 Å². The molecule has 0 aliphatic heterocycles. The summed E-state index contributed by atoms with van der Waals surface area (Å²) in [6, 6.07) is 0. The molecule has 0 fully saturated rings. The Hall–Kier alpha value is -3.01. The summed E-state index contributed by atoms with van der Waals surface area (Å²) in [5, 5.41) is 9.71. The number of carboxylic acids is 1. The molecule has 0 aliphatic carbocycles. The number of nitrogens with zero attached hydrogens (tertiary/aromatic N) is 1. The monoisotopic (exact) mass is 1120 g/mol. The van der Waals surface area contributed by atoms with Gasteiger partial charge in [-0.3, -0.25) is 9.59 Å². The highest BCUT2D eigenvalue weighted by Gasteiger charge is 2.25. The summed E-state index contributed by atoms with van der Waals surface area (Å²) in [5.74, 6) is -2.01. The van der Waals surface area contributed by atoms with Gasteiger partial charge in [0, 0.05) is 12.8 Å². The molecule has 0 aromatic carbocycles. The maximum Gasteiger partial charge on any atom is 0.361 e. The summed E-state index contributed by atoms with van der Waals surface area (Å²) in [5.41, 5.74) is 0. The zero-order valence-electron chi connectivity index (χ0n) is 53.2. The van der Waals surface area contributed by atoms with Crippen molar-refractivity contribution in [3.05, 3.63) is 60.8 Å². The van der Waals surface area contributed by atoms with Crippen molar-refractivity contribution in [2.45, 2.75) is 328 Å². The highest BCUT2D eigenvalue weighted by Crippen LogP contribution is 2.18. The molecular formula is C71H130NO8+. The van der Waals surface area contributed by atoms with Gasteiger partial charge < -0.3 is 28.5 Å². The summed E-state index contributed by atoms with van der Waals surface area (Å²) in [7, 11) is 5.97. The van der Waals surface area contributed by atoms with Crippen LogP contribution in [0.2, 0.25) is 0 Å². The van der Waals surface area contributed by atoms with Gasteiger partial charge in [0.05, 0.1) is 34.4 Å². The van der Waals surface area contributed by atoms with E-state index in [4.69, 9.17) is 18.9 Å². The van der Waals surface area contributed by atoms with Gasteiger partial charge in [-0.25, -0.2) is 4.79 Å². The van der Waals surface area contributed by atoms with Crippen molar-refractivity contribution in [3.8, 4) is 0 Å². The lowest BCUT2D eigenvalue weighted by atomic mass is 10.0. The zero-order chi connectivity index (χ0) is 58.3. The Morgan fingerprint density at radius 3 is 1.04 bits per heavy atom. The molecule has 0 amide bonds. The number of allylic oxidation sites excluding steroid dienone is 10. The summed E-state index contributed by atoms with van der Waals surface area (Å²) < 4.78 is 22.9. The van der Waals surface area contributed by atoms with Gasteiger partial charge in [0.1, 0.15) is 13.2 Å². The molecule has 0 aromatic rings. The number of carboxylic acid groups (broad SMARTS) is 1. The number of unbranched alkanes of at least 4 members (excludes halogenated alkanes) is 38. The first-order valence-electron chi connectivity index (χ1n) is 34.0. The van der Waals surface area contributed by atoms with Crippen molar-refractivity contribution in [2.24, 2.45) is 0 Å². The van der Waals surface area contributed by atoms with Gasteiger partial charge in [0.15, 0.2) is 6.10 Å². The lowest BCUT2D eigenvalue weighted by Gasteiger charge is -2.25. The quantitative estimate of drug-likeness (QED) is 0.0211. The molecule has 1 N–H and O–H groups in total. The van der Waals surface area contributed by atoms with E-state index in [1.54, 1.807) is 0 Å². The third kappa shape index (κ3) is 62.6. The fraction of sp³-hybridized carbons (Fsp3) is 0.817. The SMILES string of the molecule is CCCC/C=C\C/C=C\CCCCCCCC(=O)OCC(COC(OCC[N+](C)(C)C)C(=O)O)OC(=O)CCCCCCCCCCCCCCCCCCCCCCCCCCCC/C=C\C/C=C\C/C=C\CCCCCCC. The van der Waals surface area contributed by atoms with Gasteiger partial charge in [0.2, 0.25) is 0 Å². The summed E-state index contributed by atoms with van der Waals surface area (Å²) >= 11 is 0. The van der Waals surface area contributed by atoms with E-state index in [1.165, 1.54) is 212 Å². The highest BCUT2D eigenvalue weighted by atomic mass is 16.7. The largest absolute Gasteiger partial charge is 0.477 e. The molecule has 0 saturated heterocycles. The summed E-state index contributed by atoms with van der Waals surface area (Å²) in [6.07, 6.45) is 77.9. The Bertz CT molecular complexity index is 1500. The Morgan fingerprint density at radius 1 is 0.375 bits per heavy atom. The van der Waals surface area contributed by atoms with Crippen LogP contribution in [0.3, 0.4) is 0 Å². The molecule has 80 heavy (non-hydrogen) atoms. The second-order valence-corrected chi connectivity index (χ2v) is 24.1. The number of hydrogen-bond acceptors (Lipinski definition) is 7. The highest BCUT2D eigenvalue weighted by molar-refractivity contribution is 5.71. The van der Waals surface area contributed by atoms with Crippen LogP contribution in [0.25, 0.3) is 0 Å². The van der Waals surface area contributed by atoms with Crippen molar-refractivity contribution in [3.63, 3.8) is 0 Å². The number of quaternary nitrogens is 1. The molecular weight excluding hydrogens is 995 g/mol. The van der Waals surface area contributed by atoms with E-state index in [9.17, 15) is 19.5 Å². The van der Waals surface area contributed by atoms with E-state index in [0.717, 1.165) is 77.0 Å². The van der Waals surface area contributed by atoms with Crippen LogP contribution in [0.4, 0.5) is 0 Å². The van der Waals surface area contributed by atoms with Crippen LogP contribution in [0.5, 0.6) is 0 Å². The number of esters is 2. The molecule has 0 heterocycles. The average molecular weight is 1130 g/mol. The summed E-state index contributed by atoms with van der Waals surface area (Å²) in [6.45, 7) is 4.84. The second-order valence-electron chi connectivity index (χ2n) is 24.1. The van der Waals surface area contributed by atoms with Crippen LogP contribution in [0.15, 0.2) is 60.8 Å². The third-order valence-electron chi connectivity index (χ3n) is 15.0. The molecule has 466 valence electrons. The van der Waals surface area contributed by atoms with Crippen LogP contribution in [-0.4, -0.2) is 87.4 Å². The Labute approximate surface area is 495 Å². The Kier molecular flexibility index (Phi) is 59.7. The fourth-order valence-electron chi connectivity index (χ4n) is 9.75. The lowest BCUT2D eigenvalue weighted by molar-refractivity contribution is -0.870. The van der Waals surface area contributed by atoms with Gasteiger partial charge in [0.25, 0.3) is 6.29 Å². The fourth-order valence-corrected chi connectivity index (χ4v) is 9.75. The topological polar surface area (TPSA) is 108 Å². The molecule has 9 heteroatoms. The molecule has 0 saturated carbocycles. The average Bonchev–Trinajstić information content (AvgIpc) is 3.43. The minimum Gasteiger partial charge on any atom is -0.477 e. The van der Waals surface area contributed by atoms with Crippen molar-refractivity contribution in [1.82, 2.24) is 0 Å². The number of ether oxygens (including phenoxy) is 4. The standard InChI is InChI=1S/C71H129NO8/c1-6-8-10-12-14-16-18-20-22-23-24-25-26-27-28-29-30-31-32-33-34-35-36-37-38-39-40-41-42-43-44-45-46-47-48-50-52-54-56-58-60-62-69(74)80-67(66-79-71(70(75)76)77-64-63-72(3,4)5)65-78-68(73)61-59-57-55-53-51-49-21-19-17-15-13-11-9-7-2/h13,15,18-21,23-24,26-27,67,71H,6-12,14,16-17,22,25,28-66H2,1-5H3/p+1/b15-13-,20-18-,21-19-,24-23-,27-26-. The maximum absolute atomic E-state index is 12.9. The number of likely N-dealkylation sites (N-methyl/N-ethyl adjacent to an activating group) is 1. The number of carbonyl (C=O) groups is 3. The van der Waals surface area contributed by atoms with Gasteiger partial charge >= 0.3 is 17.9 Å². The van der Waals surface area contributed by atoms with Crippen molar-refractivity contribution < 1.29 is 42.9 Å². The van der Waals surface area contributed by atoms with Crippen LogP contribution < -0.4 is 0 Å². The predicted molar refractivity (Wildman–Crippen MR) is 341 cm³/mol. The molecule has 2 unspecified atom stereocenters. The molecule has 0 aliphatic rings. The number of aliphatic carboxylic acids is 1. The molecule has 0 spiro atoms. The number of hydrogen-bond donors (Lipinski definition) is 1. The van der Waals surface area contributed by atoms with Crippen molar-refractivity contribution >= 4 is 17.9 Å². The Balaban J connectivity index is 3.92. The zero-order valence-corrected chi connectivity index (χ0v) is 53.2. The Morgan fingerprint density at radius 2 is 0.688 bits per heavy atom. The molecule has 0 bridgehead atoms. The van der Waals surface area contributed by atoms with Gasteiger partial charge in [-0.15, -0.1) is 0 Å². The van der Waals surface area contributed by atoms with Gasteiger partial charge in [-0.05, 0) is 77.0 Å². The number of rotatable bonds is 63. The molecule has 0 rings (SSSR count). The van der Waals surface area contributed by atoms with Crippen molar-refractivity contribution in [2.75, 3.05) is 47.5 Å². The molecule has 0 radical (unpaired) electrons. The predicted octanol–water partition coefficient (Wildman–Crippen LogP) is 20.7. The first kappa shape index (κ1) is 77.0. The molecule has 9 nitrogen and oxygen atoms in total. The van der Waals surface area contributed by atoms with Crippen molar-refractivity contribution in [1.29, 1.82) is 0 Å². The van der Waals surface area contributed by atoms with E-state index in [1.807, 2.05) is 21.1 Å². The normalized spacial score (nSPS) is 13.1. The van der Waals surface area contributed by atoms with E-state index < -0.39 is 24.3 Å². The minimum absolute atomic E-state index is 0.186. The lowest BCUT2D eigenvalue weighted by Crippen LogP contribution is -2.40. The minimum atomic E-state index is -1.51. The second kappa shape index (κ2) is 62.0. The van der Waals surface area contributed by atoms with Crippen LogP contribution in [0.1, 0.15) is 316 Å². The smallest absolute Gasteiger partial charge is 0.361 e. The summed E-state index contributed by atoms with van der Waals surface area (Å²) in [4.78, 5) is 37.4.